The average molecular weight is 250 g/mol. The van der Waals surface area contributed by atoms with E-state index in [1.165, 1.54) is 18.5 Å². The van der Waals surface area contributed by atoms with Crippen LogP contribution in [0.2, 0.25) is 0 Å². The maximum Gasteiger partial charge on any atom is 0.253 e. The van der Waals surface area contributed by atoms with Crippen LogP contribution in [0, 0.1) is 5.41 Å². The molecule has 0 bridgehead atoms. The number of nitrogens with zero attached hydrogens (tertiary/aromatic N) is 1. The first-order chi connectivity index (χ1) is 8.59. The average Bonchev–Trinajstić information content (AvgIpc) is 2.37. The molecule has 1 aliphatic heterocycles. The van der Waals surface area contributed by atoms with Gasteiger partial charge in [-0.05, 0) is 24.3 Å². The van der Waals surface area contributed by atoms with Crippen molar-refractivity contribution in [3.05, 3.63) is 24.0 Å². The SMILES string of the molecule is CC1(CNC(=O)c2cncc(O)c2)CCOCC1. The highest BCUT2D eigenvalue weighted by molar-refractivity contribution is 5.94. The summed E-state index contributed by atoms with van der Waals surface area (Å²) in [6, 6.07) is 1.41. The van der Waals surface area contributed by atoms with Crippen molar-refractivity contribution in [2.75, 3.05) is 19.8 Å². The molecule has 2 N–H and O–H groups in total. The number of amides is 1. The molecule has 1 aliphatic rings. The molecule has 98 valence electrons. The Morgan fingerprint density at radius 1 is 1.50 bits per heavy atom. The van der Waals surface area contributed by atoms with Gasteiger partial charge in [0.1, 0.15) is 5.75 Å². The third-order valence-electron chi connectivity index (χ3n) is 3.36. The van der Waals surface area contributed by atoms with Gasteiger partial charge in [-0.2, -0.15) is 0 Å². The minimum absolute atomic E-state index is 0.0000666. The van der Waals surface area contributed by atoms with Gasteiger partial charge in [0.15, 0.2) is 0 Å². The lowest BCUT2D eigenvalue weighted by Gasteiger charge is -2.33. The minimum Gasteiger partial charge on any atom is -0.506 e. The Hall–Kier alpha value is -1.62. The van der Waals surface area contributed by atoms with Crippen LogP contribution in [0.3, 0.4) is 0 Å². The molecule has 0 unspecified atom stereocenters. The molecule has 2 rings (SSSR count). The van der Waals surface area contributed by atoms with E-state index in [2.05, 4.69) is 17.2 Å². The predicted molar refractivity (Wildman–Crippen MR) is 66.4 cm³/mol. The predicted octanol–water partition coefficient (Wildman–Crippen LogP) is 1.33. The molecule has 2 heterocycles. The first-order valence-electron chi connectivity index (χ1n) is 6.09. The number of aromatic nitrogens is 1. The van der Waals surface area contributed by atoms with Crippen LogP contribution in [0.25, 0.3) is 0 Å². The third-order valence-corrected chi connectivity index (χ3v) is 3.36. The number of rotatable bonds is 3. The number of hydrogen-bond donors (Lipinski definition) is 2. The lowest BCUT2D eigenvalue weighted by atomic mass is 9.82. The lowest BCUT2D eigenvalue weighted by Crippen LogP contribution is -2.39. The van der Waals surface area contributed by atoms with Gasteiger partial charge in [-0.3, -0.25) is 9.78 Å². The van der Waals surface area contributed by atoms with E-state index in [4.69, 9.17) is 4.74 Å². The van der Waals surface area contributed by atoms with Crippen molar-refractivity contribution < 1.29 is 14.6 Å². The molecule has 0 spiro atoms. The number of pyridine rings is 1. The zero-order valence-corrected chi connectivity index (χ0v) is 10.5. The topological polar surface area (TPSA) is 71.5 Å². The number of carbonyl (C=O) groups is 1. The lowest BCUT2D eigenvalue weighted by molar-refractivity contribution is 0.0238. The van der Waals surface area contributed by atoms with Crippen molar-refractivity contribution >= 4 is 5.91 Å². The molecule has 1 aromatic heterocycles. The summed E-state index contributed by atoms with van der Waals surface area (Å²) in [5, 5.41) is 12.2. The number of aromatic hydroxyl groups is 1. The fraction of sp³-hybridized carbons (Fsp3) is 0.538. The van der Waals surface area contributed by atoms with Crippen LogP contribution < -0.4 is 5.32 Å². The largest absolute Gasteiger partial charge is 0.506 e. The van der Waals surface area contributed by atoms with Crippen molar-refractivity contribution in [3.8, 4) is 5.75 Å². The van der Waals surface area contributed by atoms with Crippen LogP contribution in [-0.2, 0) is 4.74 Å². The zero-order chi connectivity index (χ0) is 13.0. The van der Waals surface area contributed by atoms with Gasteiger partial charge >= 0.3 is 0 Å². The molecule has 0 aromatic carbocycles. The van der Waals surface area contributed by atoms with Crippen molar-refractivity contribution in [3.63, 3.8) is 0 Å². The fourth-order valence-corrected chi connectivity index (χ4v) is 1.99. The first-order valence-corrected chi connectivity index (χ1v) is 6.09. The summed E-state index contributed by atoms with van der Waals surface area (Å²) < 4.78 is 5.32. The summed E-state index contributed by atoms with van der Waals surface area (Å²) in [6.45, 7) is 4.27. The van der Waals surface area contributed by atoms with E-state index in [0.717, 1.165) is 26.1 Å². The van der Waals surface area contributed by atoms with Crippen molar-refractivity contribution in [1.82, 2.24) is 10.3 Å². The quantitative estimate of drug-likeness (QED) is 0.849. The Balaban J connectivity index is 1.92. The Bertz CT molecular complexity index is 428. The van der Waals surface area contributed by atoms with Crippen LogP contribution in [0.15, 0.2) is 18.5 Å². The molecule has 5 heteroatoms. The molecule has 1 saturated heterocycles. The molecule has 0 radical (unpaired) electrons. The van der Waals surface area contributed by atoms with Gasteiger partial charge in [0, 0.05) is 26.0 Å². The third kappa shape index (κ3) is 3.20. The molecule has 1 amide bonds. The van der Waals surface area contributed by atoms with Crippen molar-refractivity contribution in [2.45, 2.75) is 19.8 Å². The molecular formula is C13H18N2O3. The number of ether oxygens (including phenoxy) is 1. The van der Waals surface area contributed by atoms with Gasteiger partial charge in [0.25, 0.3) is 5.91 Å². The second kappa shape index (κ2) is 5.35. The van der Waals surface area contributed by atoms with Crippen LogP contribution >= 0.6 is 0 Å². The van der Waals surface area contributed by atoms with E-state index in [1.54, 1.807) is 0 Å². The minimum atomic E-state index is -0.203. The second-order valence-corrected chi connectivity index (χ2v) is 5.04. The standard InChI is InChI=1S/C13H18N2O3/c1-13(2-4-18-5-3-13)9-15-12(17)10-6-11(16)8-14-7-10/h6-8,16H,2-5,9H2,1H3,(H,15,17). The van der Waals surface area contributed by atoms with Gasteiger partial charge < -0.3 is 15.2 Å². The normalized spacial score (nSPS) is 18.3. The van der Waals surface area contributed by atoms with Crippen LogP contribution in [0.1, 0.15) is 30.1 Å². The van der Waals surface area contributed by atoms with E-state index in [0.29, 0.717) is 12.1 Å². The van der Waals surface area contributed by atoms with Crippen molar-refractivity contribution in [1.29, 1.82) is 0 Å². The maximum absolute atomic E-state index is 11.9. The summed E-state index contributed by atoms with van der Waals surface area (Å²) >= 11 is 0. The van der Waals surface area contributed by atoms with Gasteiger partial charge in [0.2, 0.25) is 0 Å². The van der Waals surface area contributed by atoms with E-state index < -0.39 is 0 Å². The molecule has 0 aliphatic carbocycles. The summed E-state index contributed by atoms with van der Waals surface area (Å²) in [4.78, 5) is 15.7. The Morgan fingerprint density at radius 2 is 2.22 bits per heavy atom. The summed E-state index contributed by atoms with van der Waals surface area (Å²) in [5.41, 5.74) is 0.476. The van der Waals surface area contributed by atoms with Gasteiger partial charge in [-0.1, -0.05) is 6.92 Å². The Labute approximate surface area is 106 Å². The number of nitrogens with one attached hydrogen (secondary N) is 1. The van der Waals surface area contributed by atoms with Crippen LogP contribution in [0.4, 0.5) is 0 Å². The summed E-state index contributed by atoms with van der Waals surface area (Å²) in [7, 11) is 0. The Kier molecular flexibility index (Phi) is 3.81. The number of carbonyl (C=O) groups excluding carboxylic acids is 1. The summed E-state index contributed by atoms with van der Waals surface area (Å²) in [6.07, 6.45) is 4.65. The highest BCUT2D eigenvalue weighted by atomic mass is 16.5. The molecule has 1 aromatic rings. The maximum atomic E-state index is 11.9. The molecule has 1 fully saturated rings. The van der Waals surface area contributed by atoms with Crippen LogP contribution in [0.5, 0.6) is 5.75 Å². The molecule has 18 heavy (non-hydrogen) atoms. The smallest absolute Gasteiger partial charge is 0.253 e. The molecule has 0 saturated carbocycles. The van der Waals surface area contributed by atoms with E-state index in [1.807, 2.05) is 0 Å². The molecular weight excluding hydrogens is 232 g/mol. The molecule has 0 atom stereocenters. The monoisotopic (exact) mass is 250 g/mol. The number of hydrogen-bond acceptors (Lipinski definition) is 4. The van der Waals surface area contributed by atoms with Crippen LogP contribution in [-0.4, -0.2) is 35.8 Å². The highest BCUT2D eigenvalue weighted by Gasteiger charge is 2.27. The van der Waals surface area contributed by atoms with Crippen molar-refractivity contribution in [2.24, 2.45) is 5.41 Å². The van der Waals surface area contributed by atoms with E-state index in [9.17, 15) is 9.90 Å². The molecule has 5 nitrogen and oxygen atoms in total. The second-order valence-electron chi connectivity index (χ2n) is 5.04. The zero-order valence-electron chi connectivity index (χ0n) is 10.5. The van der Waals surface area contributed by atoms with Gasteiger partial charge in [0.05, 0.1) is 11.8 Å². The van der Waals surface area contributed by atoms with E-state index in [-0.39, 0.29) is 17.1 Å². The van der Waals surface area contributed by atoms with Gasteiger partial charge in [-0.15, -0.1) is 0 Å². The fourth-order valence-electron chi connectivity index (χ4n) is 1.99. The summed E-state index contributed by atoms with van der Waals surface area (Å²) in [5.74, 6) is -0.203. The Morgan fingerprint density at radius 3 is 2.89 bits per heavy atom. The first kappa shape index (κ1) is 12.8. The van der Waals surface area contributed by atoms with Gasteiger partial charge in [-0.25, -0.2) is 0 Å². The highest BCUT2D eigenvalue weighted by Crippen LogP contribution is 2.28. The van der Waals surface area contributed by atoms with E-state index >= 15 is 0 Å².